The summed E-state index contributed by atoms with van der Waals surface area (Å²) in [6.45, 7) is 3.42. The van der Waals surface area contributed by atoms with Crippen LogP contribution in [0.5, 0.6) is 0 Å². The second kappa shape index (κ2) is 7.23. The molecule has 0 saturated carbocycles. The van der Waals surface area contributed by atoms with E-state index < -0.39 is 11.6 Å². The van der Waals surface area contributed by atoms with E-state index >= 15 is 0 Å². The molecule has 3 aromatic rings. The van der Waals surface area contributed by atoms with Gasteiger partial charge in [0.1, 0.15) is 17.5 Å². The summed E-state index contributed by atoms with van der Waals surface area (Å²) in [5.41, 5.74) is 0.00668. The highest BCUT2D eigenvalue weighted by molar-refractivity contribution is 7.19. The number of hydrogen-bond donors (Lipinski definition) is 1. The summed E-state index contributed by atoms with van der Waals surface area (Å²) in [5.74, 6) is -1.07. The molecule has 0 aliphatic carbocycles. The van der Waals surface area contributed by atoms with Gasteiger partial charge in [0.25, 0.3) is 0 Å². The van der Waals surface area contributed by atoms with Crippen molar-refractivity contribution in [2.75, 3.05) is 23.3 Å². The zero-order valence-electron chi connectivity index (χ0n) is 14.8. The van der Waals surface area contributed by atoms with Crippen LogP contribution in [0.4, 0.5) is 20.3 Å². The van der Waals surface area contributed by atoms with Gasteiger partial charge < -0.3 is 10.2 Å². The largest absolute Gasteiger partial charge is 0.355 e. The van der Waals surface area contributed by atoms with Crippen LogP contribution in [0.3, 0.4) is 0 Å². The van der Waals surface area contributed by atoms with Crippen molar-refractivity contribution in [3.8, 4) is 0 Å². The molecular weight excluding hydrogens is 368 g/mol. The van der Waals surface area contributed by atoms with Gasteiger partial charge in [0.2, 0.25) is 5.91 Å². The van der Waals surface area contributed by atoms with Gasteiger partial charge in [0.15, 0.2) is 0 Å². The lowest BCUT2D eigenvalue weighted by Gasteiger charge is -2.33. The maximum Gasteiger partial charge on any atom is 0.229 e. The second-order valence-corrected chi connectivity index (χ2v) is 8.09. The highest BCUT2D eigenvalue weighted by Gasteiger charge is 2.28. The summed E-state index contributed by atoms with van der Waals surface area (Å²) in [7, 11) is 0. The van der Waals surface area contributed by atoms with Crippen LogP contribution in [-0.4, -0.2) is 24.0 Å². The average molecular weight is 387 g/mol. The van der Waals surface area contributed by atoms with Crippen molar-refractivity contribution in [2.24, 2.45) is 5.92 Å². The van der Waals surface area contributed by atoms with E-state index in [2.05, 4.69) is 28.2 Å². The Balaban J connectivity index is 1.53. The first-order valence-corrected chi connectivity index (χ1v) is 9.69. The molecule has 27 heavy (non-hydrogen) atoms. The maximum atomic E-state index is 13.8. The summed E-state index contributed by atoms with van der Waals surface area (Å²) in [4.78, 5) is 20.5. The van der Waals surface area contributed by atoms with Crippen LogP contribution in [-0.2, 0) is 4.79 Å². The Bertz CT molecular complexity index is 1000. The van der Waals surface area contributed by atoms with Gasteiger partial charge in [-0.15, -0.1) is 11.3 Å². The molecule has 4 rings (SSSR count). The molecule has 0 unspecified atom stereocenters. The van der Waals surface area contributed by atoms with E-state index in [0.717, 1.165) is 42.7 Å². The number of aryl methyl sites for hydroxylation is 1. The van der Waals surface area contributed by atoms with Crippen LogP contribution in [0, 0.1) is 24.5 Å². The fourth-order valence-corrected chi connectivity index (χ4v) is 4.45. The Hall–Kier alpha value is -2.54. The standard InChI is InChI=1S/C20H19F2N3OS/c1-12-9-15-18(27-12)6-7-23-19(15)25-8-2-3-13(11-25)20(26)24-17-5-4-14(21)10-16(17)22/h4-7,9-10,13H,2-3,8,11H2,1H3,(H,24,26)/t13-/m1/s1. The highest BCUT2D eigenvalue weighted by atomic mass is 32.1. The molecule has 1 saturated heterocycles. The number of carbonyl (C=O) groups is 1. The fraction of sp³-hybridized carbons (Fsp3) is 0.300. The van der Waals surface area contributed by atoms with Crippen LogP contribution < -0.4 is 10.2 Å². The van der Waals surface area contributed by atoms with E-state index in [-0.39, 0.29) is 17.5 Å². The number of pyridine rings is 1. The molecule has 1 aromatic carbocycles. The smallest absolute Gasteiger partial charge is 0.229 e. The SMILES string of the molecule is Cc1cc2c(N3CCC[C@@H](C(=O)Nc4ccc(F)cc4F)C3)nccc2s1. The molecule has 0 spiro atoms. The first kappa shape index (κ1) is 17.9. The van der Waals surface area contributed by atoms with Crippen molar-refractivity contribution in [3.05, 3.63) is 53.0 Å². The number of hydrogen-bond acceptors (Lipinski definition) is 4. The molecule has 1 amide bonds. The number of rotatable bonds is 3. The van der Waals surface area contributed by atoms with Gasteiger partial charge in [-0.1, -0.05) is 0 Å². The quantitative estimate of drug-likeness (QED) is 0.706. The maximum absolute atomic E-state index is 13.8. The van der Waals surface area contributed by atoms with Gasteiger partial charge in [-0.2, -0.15) is 0 Å². The number of benzene rings is 1. The molecule has 3 heterocycles. The molecule has 0 bridgehead atoms. The molecular formula is C20H19F2N3OS. The molecule has 1 atom stereocenters. The van der Waals surface area contributed by atoms with Gasteiger partial charge in [0.05, 0.1) is 11.6 Å². The summed E-state index contributed by atoms with van der Waals surface area (Å²) in [6.07, 6.45) is 3.38. The topological polar surface area (TPSA) is 45.2 Å². The normalized spacial score (nSPS) is 17.3. The Morgan fingerprint density at radius 2 is 2.15 bits per heavy atom. The fourth-order valence-electron chi connectivity index (χ4n) is 3.54. The van der Waals surface area contributed by atoms with E-state index in [9.17, 15) is 13.6 Å². The molecule has 1 N–H and O–H groups in total. The van der Waals surface area contributed by atoms with Crippen molar-refractivity contribution in [1.82, 2.24) is 4.98 Å². The highest BCUT2D eigenvalue weighted by Crippen LogP contribution is 2.33. The van der Waals surface area contributed by atoms with Crippen molar-refractivity contribution in [3.63, 3.8) is 0 Å². The summed E-state index contributed by atoms with van der Waals surface area (Å²) in [5, 5.41) is 3.70. The van der Waals surface area contributed by atoms with Gasteiger partial charge >= 0.3 is 0 Å². The Morgan fingerprint density at radius 1 is 1.30 bits per heavy atom. The monoisotopic (exact) mass is 387 g/mol. The van der Waals surface area contributed by atoms with Crippen LogP contribution in [0.1, 0.15) is 17.7 Å². The number of thiophene rings is 1. The van der Waals surface area contributed by atoms with Gasteiger partial charge in [-0.25, -0.2) is 13.8 Å². The van der Waals surface area contributed by atoms with E-state index in [1.54, 1.807) is 17.5 Å². The number of fused-ring (bicyclic) bond motifs is 1. The summed E-state index contributed by atoms with van der Waals surface area (Å²) < 4.78 is 28.0. The van der Waals surface area contributed by atoms with Crippen molar-refractivity contribution >= 4 is 38.8 Å². The zero-order chi connectivity index (χ0) is 19.0. The minimum Gasteiger partial charge on any atom is -0.355 e. The molecule has 0 radical (unpaired) electrons. The first-order chi connectivity index (χ1) is 13.0. The molecule has 140 valence electrons. The predicted octanol–water partition coefficient (Wildman–Crippen LogP) is 4.74. The number of anilines is 2. The number of nitrogens with one attached hydrogen (secondary N) is 1. The number of carbonyl (C=O) groups excluding carboxylic acids is 1. The Labute approximate surface area is 159 Å². The van der Waals surface area contributed by atoms with Gasteiger partial charge in [-0.3, -0.25) is 4.79 Å². The lowest BCUT2D eigenvalue weighted by molar-refractivity contribution is -0.120. The number of halogens is 2. The van der Waals surface area contributed by atoms with Crippen molar-refractivity contribution in [2.45, 2.75) is 19.8 Å². The number of aromatic nitrogens is 1. The first-order valence-electron chi connectivity index (χ1n) is 8.87. The number of piperidine rings is 1. The zero-order valence-corrected chi connectivity index (χ0v) is 15.7. The van der Waals surface area contributed by atoms with E-state index in [1.807, 2.05) is 6.07 Å². The number of amides is 1. The minimum absolute atomic E-state index is 0.00668. The molecule has 7 heteroatoms. The van der Waals surface area contributed by atoms with E-state index in [0.29, 0.717) is 6.54 Å². The van der Waals surface area contributed by atoms with Gasteiger partial charge in [0, 0.05) is 40.3 Å². The van der Waals surface area contributed by atoms with Crippen molar-refractivity contribution in [1.29, 1.82) is 0 Å². The second-order valence-electron chi connectivity index (χ2n) is 6.80. The molecule has 1 aliphatic rings. The molecule has 1 fully saturated rings. The Kier molecular flexibility index (Phi) is 4.78. The van der Waals surface area contributed by atoms with Crippen LogP contribution in [0.15, 0.2) is 36.5 Å². The lowest BCUT2D eigenvalue weighted by atomic mass is 9.96. The molecule has 1 aliphatic heterocycles. The third kappa shape index (κ3) is 3.64. The van der Waals surface area contributed by atoms with Crippen LogP contribution >= 0.6 is 11.3 Å². The third-order valence-corrected chi connectivity index (χ3v) is 5.84. The van der Waals surface area contributed by atoms with Crippen LogP contribution in [0.2, 0.25) is 0 Å². The third-order valence-electron chi connectivity index (χ3n) is 4.83. The number of nitrogens with zero attached hydrogens (tertiary/aromatic N) is 2. The lowest BCUT2D eigenvalue weighted by Crippen LogP contribution is -2.41. The van der Waals surface area contributed by atoms with E-state index in [4.69, 9.17) is 0 Å². The van der Waals surface area contributed by atoms with Crippen LogP contribution in [0.25, 0.3) is 10.1 Å². The van der Waals surface area contributed by atoms with Crippen molar-refractivity contribution < 1.29 is 13.6 Å². The predicted molar refractivity (Wildman–Crippen MR) is 104 cm³/mol. The van der Waals surface area contributed by atoms with E-state index in [1.165, 1.54) is 15.6 Å². The Morgan fingerprint density at radius 3 is 2.96 bits per heavy atom. The minimum atomic E-state index is -0.767. The summed E-state index contributed by atoms with van der Waals surface area (Å²) >= 11 is 1.72. The molecule has 2 aromatic heterocycles. The summed E-state index contributed by atoms with van der Waals surface area (Å²) in [6, 6.07) is 7.28. The van der Waals surface area contributed by atoms with Gasteiger partial charge in [-0.05, 0) is 44.0 Å². The molecule has 4 nitrogen and oxygen atoms in total. The average Bonchev–Trinajstić information content (AvgIpc) is 3.04.